The molecule has 8 nitrogen and oxygen atoms in total. The average Bonchev–Trinajstić information content (AvgIpc) is 2.23. The van der Waals surface area contributed by atoms with E-state index in [1.54, 1.807) is 0 Å². The highest BCUT2D eigenvalue weighted by molar-refractivity contribution is 7.89. The molecule has 0 aliphatic rings. The first-order valence-electron chi connectivity index (χ1n) is 4.68. The van der Waals surface area contributed by atoms with Crippen molar-refractivity contribution in [1.29, 1.82) is 0 Å². The summed E-state index contributed by atoms with van der Waals surface area (Å²) in [5.74, 6) is -1.04. The third kappa shape index (κ3) is 5.22. The first kappa shape index (κ1) is 13.3. The van der Waals surface area contributed by atoms with Crippen LogP contribution in [0.15, 0.2) is 12.4 Å². The van der Waals surface area contributed by atoms with Gasteiger partial charge in [-0.1, -0.05) is 0 Å². The molecule has 0 amide bonds. The van der Waals surface area contributed by atoms with Gasteiger partial charge < -0.3 is 10.4 Å². The van der Waals surface area contributed by atoms with Crippen LogP contribution in [-0.4, -0.2) is 41.8 Å². The van der Waals surface area contributed by atoms with Crippen molar-refractivity contribution >= 4 is 21.8 Å². The number of nitrogens with zero attached hydrogens (tertiary/aromatic N) is 2. The quantitative estimate of drug-likeness (QED) is 0.573. The third-order valence-corrected chi connectivity index (χ3v) is 2.62. The molecule has 9 heteroatoms. The number of aromatic nitrogens is 2. The van der Waals surface area contributed by atoms with Crippen LogP contribution in [0.3, 0.4) is 0 Å². The second-order valence-corrected chi connectivity index (χ2v) is 4.98. The lowest BCUT2D eigenvalue weighted by Crippen LogP contribution is -2.19. The fourth-order valence-corrected chi connectivity index (χ4v) is 1.59. The molecular formula is C8H12N4O4S. The fraction of sp³-hybridized carbons (Fsp3) is 0.375. The van der Waals surface area contributed by atoms with Crippen molar-refractivity contribution in [3.63, 3.8) is 0 Å². The van der Waals surface area contributed by atoms with Gasteiger partial charge in [0.25, 0.3) is 0 Å². The number of nitrogens with two attached hydrogens (primary N) is 1. The summed E-state index contributed by atoms with van der Waals surface area (Å²) in [4.78, 5) is 18.0. The van der Waals surface area contributed by atoms with E-state index in [1.807, 2.05) is 0 Å². The molecule has 0 aliphatic carbocycles. The molecule has 1 rings (SSSR count). The van der Waals surface area contributed by atoms with Crippen LogP contribution in [0.1, 0.15) is 16.9 Å². The number of carbonyl (C=O) groups is 1. The zero-order chi connectivity index (χ0) is 12.9. The Labute approximate surface area is 97.9 Å². The second kappa shape index (κ2) is 5.55. The summed E-state index contributed by atoms with van der Waals surface area (Å²) in [5, 5.41) is 16.2. The smallest absolute Gasteiger partial charge is 0.356 e. The summed E-state index contributed by atoms with van der Waals surface area (Å²) in [6.07, 6.45) is 2.78. The lowest BCUT2D eigenvalue weighted by atomic mass is 10.4. The number of nitrogens with one attached hydrogen (secondary N) is 1. The maximum absolute atomic E-state index is 10.6. The second-order valence-electron chi connectivity index (χ2n) is 3.24. The molecule has 0 aliphatic heterocycles. The highest BCUT2D eigenvalue weighted by Gasteiger charge is 2.06. The van der Waals surface area contributed by atoms with E-state index < -0.39 is 16.0 Å². The fourth-order valence-electron chi connectivity index (χ4n) is 1.04. The van der Waals surface area contributed by atoms with Crippen LogP contribution >= 0.6 is 0 Å². The Morgan fingerprint density at radius 2 is 2.18 bits per heavy atom. The largest absolute Gasteiger partial charge is 0.476 e. The molecule has 4 N–H and O–H groups in total. The van der Waals surface area contributed by atoms with Crippen molar-refractivity contribution in [3.05, 3.63) is 18.1 Å². The number of hydrogen-bond donors (Lipinski definition) is 3. The van der Waals surface area contributed by atoms with Crippen LogP contribution in [0.25, 0.3) is 0 Å². The van der Waals surface area contributed by atoms with Crippen molar-refractivity contribution in [2.45, 2.75) is 6.42 Å². The lowest BCUT2D eigenvalue weighted by molar-refractivity contribution is 0.0690. The molecule has 0 saturated carbocycles. The maximum Gasteiger partial charge on any atom is 0.356 e. The molecule has 0 atom stereocenters. The van der Waals surface area contributed by atoms with E-state index in [4.69, 9.17) is 10.2 Å². The monoisotopic (exact) mass is 260 g/mol. The molecule has 1 aromatic rings. The number of rotatable bonds is 6. The van der Waals surface area contributed by atoms with Gasteiger partial charge >= 0.3 is 5.97 Å². The summed E-state index contributed by atoms with van der Waals surface area (Å²) in [6.45, 7) is 0.314. The van der Waals surface area contributed by atoms with Crippen molar-refractivity contribution in [2.24, 2.45) is 5.14 Å². The number of sulfonamides is 1. The minimum Gasteiger partial charge on any atom is -0.476 e. The van der Waals surface area contributed by atoms with Crippen LogP contribution in [0.5, 0.6) is 0 Å². The molecule has 1 heterocycles. The normalized spacial score (nSPS) is 11.1. The zero-order valence-corrected chi connectivity index (χ0v) is 9.64. The Morgan fingerprint density at radius 1 is 1.47 bits per heavy atom. The molecule has 0 fully saturated rings. The van der Waals surface area contributed by atoms with Crippen molar-refractivity contribution in [1.82, 2.24) is 9.97 Å². The van der Waals surface area contributed by atoms with Crippen molar-refractivity contribution < 1.29 is 18.3 Å². The summed E-state index contributed by atoms with van der Waals surface area (Å²) in [7, 11) is -3.47. The first-order valence-corrected chi connectivity index (χ1v) is 6.40. The van der Waals surface area contributed by atoms with Gasteiger partial charge in [0.2, 0.25) is 10.0 Å². The molecule has 17 heavy (non-hydrogen) atoms. The summed E-state index contributed by atoms with van der Waals surface area (Å²) in [5.41, 5.74) is -0.179. The van der Waals surface area contributed by atoms with Gasteiger partial charge in [0.05, 0.1) is 18.1 Å². The third-order valence-electron chi connectivity index (χ3n) is 1.77. The van der Waals surface area contributed by atoms with Gasteiger partial charge in [-0.3, -0.25) is 4.98 Å². The molecule has 0 spiro atoms. The van der Waals surface area contributed by atoms with Crippen LogP contribution in [0.4, 0.5) is 5.82 Å². The van der Waals surface area contributed by atoms with Gasteiger partial charge in [0.1, 0.15) is 5.82 Å². The predicted molar refractivity (Wildman–Crippen MR) is 60.1 cm³/mol. The topological polar surface area (TPSA) is 135 Å². The molecule has 0 bridgehead atoms. The van der Waals surface area contributed by atoms with Crippen LogP contribution in [0.2, 0.25) is 0 Å². The SMILES string of the molecule is NS(=O)(=O)CCCNc1cncc(C(=O)O)n1. The highest BCUT2D eigenvalue weighted by Crippen LogP contribution is 2.02. The zero-order valence-electron chi connectivity index (χ0n) is 8.83. The summed E-state index contributed by atoms with van der Waals surface area (Å²) >= 11 is 0. The van der Waals surface area contributed by atoms with Gasteiger partial charge in [0.15, 0.2) is 5.69 Å². The van der Waals surface area contributed by atoms with E-state index >= 15 is 0 Å². The first-order chi connectivity index (χ1) is 7.88. The minimum atomic E-state index is -3.47. The van der Waals surface area contributed by atoms with E-state index in [1.165, 1.54) is 6.20 Å². The molecule has 0 unspecified atom stereocenters. The van der Waals surface area contributed by atoms with Crippen LogP contribution < -0.4 is 10.5 Å². The molecule has 0 radical (unpaired) electrons. The number of carboxylic acids is 1. The van der Waals surface area contributed by atoms with E-state index in [0.29, 0.717) is 13.0 Å². The summed E-state index contributed by atoms with van der Waals surface area (Å²) in [6, 6.07) is 0. The Bertz CT molecular complexity index is 502. The lowest BCUT2D eigenvalue weighted by Gasteiger charge is -2.04. The number of hydrogen-bond acceptors (Lipinski definition) is 6. The van der Waals surface area contributed by atoms with Gasteiger partial charge in [-0.05, 0) is 6.42 Å². The van der Waals surface area contributed by atoms with E-state index in [9.17, 15) is 13.2 Å². The van der Waals surface area contributed by atoms with Crippen molar-refractivity contribution in [2.75, 3.05) is 17.6 Å². The average molecular weight is 260 g/mol. The number of aromatic carboxylic acids is 1. The van der Waals surface area contributed by atoms with E-state index in [2.05, 4.69) is 15.3 Å². The van der Waals surface area contributed by atoms with Crippen LogP contribution in [-0.2, 0) is 10.0 Å². The Kier molecular flexibility index (Phi) is 4.35. The van der Waals surface area contributed by atoms with Crippen molar-refractivity contribution in [3.8, 4) is 0 Å². The van der Waals surface area contributed by atoms with Gasteiger partial charge in [0, 0.05) is 6.54 Å². The van der Waals surface area contributed by atoms with E-state index in [0.717, 1.165) is 6.20 Å². The number of anilines is 1. The maximum atomic E-state index is 10.6. The van der Waals surface area contributed by atoms with E-state index in [-0.39, 0.29) is 17.3 Å². The van der Waals surface area contributed by atoms with Gasteiger partial charge in [-0.2, -0.15) is 0 Å². The highest BCUT2D eigenvalue weighted by atomic mass is 32.2. The molecule has 1 aromatic heterocycles. The number of primary sulfonamides is 1. The van der Waals surface area contributed by atoms with Gasteiger partial charge in [-0.15, -0.1) is 0 Å². The Balaban J connectivity index is 2.47. The minimum absolute atomic E-state index is 0.147. The van der Waals surface area contributed by atoms with Crippen LogP contribution in [0, 0.1) is 0 Å². The number of carboxylic acid groups (broad SMARTS) is 1. The van der Waals surface area contributed by atoms with Gasteiger partial charge in [-0.25, -0.2) is 23.3 Å². The summed E-state index contributed by atoms with van der Waals surface area (Å²) < 4.78 is 21.3. The Morgan fingerprint density at radius 3 is 2.76 bits per heavy atom. The molecular weight excluding hydrogens is 248 g/mol. The Hall–Kier alpha value is -1.74. The molecule has 94 valence electrons. The molecule has 0 saturated heterocycles. The molecule has 0 aromatic carbocycles. The predicted octanol–water partition coefficient (Wildman–Crippen LogP) is -0.735. The standard InChI is InChI=1S/C8H12N4O4S/c9-17(15,16)3-1-2-11-7-5-10-4-6(12-7)8(13)14/h4-5H,1-3H2,(H,11,12)(H,13,14)(H2,9,15,16).